The van der Waals surface area contributed by atoms with E-state index in [1.165, 1.54) is 0 Å². The minimum absolute atomic E-state index is 0.643. The average Bonchev–Trinajstić information content (AvgIpc) is 2.60. The predicted octanol–water partition coefficient (Wildman–Crippen LogP) is 0.701. The number of hydrogen-bond donors (Lipinski definition) is 2. The highest BCUT2D eigenvalue weighted by atomic mass is 15.3. The molecule has 0 unspecified atom stereocenters. The summed E-state index contributed by atoms with van der Waals surface area (Å²) in [6, 6.07) is 1.82. The van der Waals surface area contributed by atoms with Gasteiger partial charge in [-0.2, -0.15) is 10.2 Å². The van der Waals surface area contributed by atoms with E-state index in [2.05, 4.69) is 15.3 Å². The lowest BCUT2D eigenvalue weighted by Gasteiger charge is -1.91. The van der Waals surface area contributed by atoms with E-state index in [-0.39, 0.29) is 0 Å². The zero-order chi connectivity index (χ0) is 9.42. The lowest BCUT2D eigenvalue weighted by Crippen LogP contribution is -1.96. The summed E-state index contributed by atoms with van der Waals surface area (Å²) in [6.45, 7) is 1.98. The Morgan fingerprint density at radius 3 is 2.77 bits per heavy atom. The number of aryl methyl sites for hydroxylation is 2. The highest BCUT2D eigenvalue weighted by Crippen LogP contribution is 2.20. The number of aromatic amines is 1. The molecule has 0 bridgehead atoms. The Bertz CT molecular complexity index is 406. The quantitative estimate of drug-likeness (QED) is 0.673. The fourth-order valence-electron chi connectivity index (χ4n) is 1.21. The second-order valence-electron chi connectivity index (χ2n) is 3.01. The van der Waals surface area contributed by atoms with Crippen LogP contribution in [0.3, 0.4) is 0 Å². The summed E-state index contributed by atoms with van der Waals surface area (Å²) in [5.41, 5.74) is 8.48. The van der Waals surface area contributed by atoms with Crippen LogP contribution in [0, 0.1) is 6.92 Å². The van der Waals surface area contributed by atoms with E-state index in [0.29, 0.717) is 5.82 Å². The molecule has 0 amide bonds. The van der Waals surface area contributed by atoms with Crippen molar-refractivity contribution in [2.45, 2.75) is 6.92 Å². The van der Waals surface area contributed by atoms with Crippen molar-refractivity contribution in [2.24, 2.45) is 7.05 Å². The van der Waals surface area contributed by atoms with Crippen LogP contribution >= 0.6 is 0 Å². The van der Waals surface area contributed by atoms with Crippen LogP contribution in [0.4, 0.5) is 5.82 Å². The zero-order valence-electron chi connectivity index (χ0n) is 7.57. The number of rotatable bonds is 1. The SMILES string of the molecule is Cc1cn[nH]c1-c1cc(N)n(C)n1. The summed E-state index contributed by atoms with van der Waals surface area (Å²) in [6.07, 6.45) is 1.76. The predicted molar refractivity (Wildman–Crippen MR) is 49.9 cm³/mol. The zero-order valence-corrected chi connectivity index (χ0v) is 7.57. The lowest BCUT2D eigenvalue weighted by molar-refractivity contribution is 0.781. The van der Waals surface area contributed by atoms with Gasteiger partial charge in [0.2, 0.25) is 0 Å². The molecule has 0 aromatic carbocycles. The van der Waals surface area contributed by atoms with E-state index in [1.807, 2.05) is 20.0 Å². The third-order valence-electron chi connectivity index (χ3n) is 2.00. The number of H-pyrrole nitrogens is 1. The lowest BCUT2D eigenvalue weighted by atomic mass is 10.2. The highest BCUT2D eigenvalue weighted by molar-refractivity contribution is 5.61. The fraction of sp³-hybridized carbons (Fsp3) is 0.250. The third kappa shape index (κ3) is 1.18. The van der Waals surface area contributed by atoms with E-state index < -0.39 is 0 Å². The van der Waals surface area contributed by atoms with Crippen LogP contribution < -0.4 is 5.73 Å². The summed E-state index contributed by atoms with van der Waals surface area (Å²) in [5, 5.41) is 11.0. The standard InChI is InChI=1S/C8H11N5/c1-5-4-10-11-8(5)6-3-7(9)13(2)12-6/h3-4H,9H2,1-2H3,(H,10,11). The summed E-state index contributed by atoms with van der Waals surface area (Å²) >= 11 is 0. The molecular weight excluding hydrogens is 166 g/mol. The van der Waals surface area contributed by atoms with Gasteiger partial charge in [0, 0.05) is 13.1 Å². The van der Waals surface area contributed by atoms with Gasteiger partial charge in [-0.25, -0.2) is 0 Å². The second kappa shape index (κ2) is 2.62. The molecule has 0 aliphatic carbocycles. The van der Waals surface area contributed by atoms with Gasteiger partial charge in [-0.1, -0.05) is 0 Å². The molecule has 2 aromatic heterocycles. The number of nitrogens with one attached hydrogen (secondary N) is 1. The topological polar surface area (TPSA) is 72.5 Å². The first-order valence-electron chi connectivity index (χ1n) is 3.98. The van der Waals surface area contributed by atoms with Crippen LogP contribution in [0.1, 0.15) is 5.56 Å². The van der Waals surface area contributed by atoms with E-state index in [4.69, 9.17) is 5.73 Å². The molecule has 13 heavy (non-hydrogen) atoms. The van der Waals surface area contributed by atoms with Gasteiger partial charge in [0.25, 0.3) is 0 Å². The number of nitrogen functional groups attached to an aromatic ring is 1. The van der Waals surface area contributed by atoms with Crippen LogP contribution in [-0.2, 0) is 7.05 Å². The Labute approximate surface area is 75.6 Å². The number of nitrogens with two attached hydrogens (primary N) is 1. The molecule has 0 aliphatic heterocycles. The van der Waals surface area contributed by atoms with E-state index in [1.54, 1.807) is 10.9 Å². The third-order valence-corrected chi connectivity index (χ3v) is 2.00. The molecule has 0 spiro atoms. The molecule has 2 aromatic rings. The van der Waals surface area contributed by atoms with E-state index >= 15 is 0 Å². The van der Waals surface area contributed by atoms with Gasteiger partial charge < -0.3 is 5.73 Å². The molecule has 2 rings (SSSR count). The molecule has 0 aliphatic rings. The van der Waals surface area contributed by atoms with Crippen LogP contribution in [0.5, 0.6) is 0 Å². The second-order valence-corrected chi connectivity index (χ2v) is 3.01. The molecule has 5 heteroatoms. The van der Waals surface area contributed by atoms with Gasteiger partial charge >= 0.3 is 0 Å². The van der Waals surface area contributed by atoms with Gasteiger partial charge in [0.1, 0.15) is 11.5 Å². The maximum atomic E-state index is 5.66. The van der Waals surface area contributed by atoms with E-state index in [0.717, 1.165) is 17.0 Å². The number of nitrogens with zero attached hydrogens (tertiary/aromatic N) is 3. The van der Waals surface area contributed by atoms with Crippen LogP contribution in [-0.4, -0.2) is 20.0 Å². The minimum Gasteiger partial charge on any atom is -0.384 e. The molecule has 0 saturated carbocycles. The maximum absolute atomic E-state index is 5.66. The summed E-state index contributed by atoms with van der Waals surface area (Å²) in [5.74, 6) is 0.643. The van der Waals surface area contributed by atoms with Crippen LogP contribution in [0.2, 0.25) is 0 Å². The Morgan fingerprint density at radius 2 is 2.31 bits per heavy atom. The number of aromatic nitrogens is 4. The summed E-state index contributed by atoms with van der Waals surface area (Å²) < 4.78 is 1.63. The smallest absolute Gasteiger partial charge is 0.122 e. The molecule has 2 heterocycles. The van der Waals surface area contributed by atoms with Gasteiger partial charge in [-0.3, -0.25) is 9.78 Å². The first-order valence-corrected chi connectivity index (χ1v) is 3.98. The summed E-state index contributed by atoms with van der Waals surface area (Å²) in [7, 11) is 1.81. The van der Waals surface area contributed by atoms with Crippen molar-refractivity contribution >= 4 is 5.82 Å². The van der Waals surface area contributed by atoms with Crippen molar-refractivity contribution in [2.75, 3.05) is 5.73 Å². The monoisotopic (exact) mass is 177 g/mol. The van der Waals surface area contributed by atoms with E-state index in [9.17, 15) is 0 Å². The average molecular weight is 177 g/mol. The molecule has 68 valence electrons. The normalized spacial score (nSPS) is 10.6. The van der Waals surface area contributed by atoms with Crippen molar-refractivity contribution in [3.63, 3.8) is 0 Å². The maximum Gasteiger partial charge on any atom is 0.122 e. The van der Waals surface area contributed by atoms with Crippen molar-refractivity contribution < 1.29 is 0 Å². The Hall–Kier alpha value is -1.78. The number of hydrogen-bond acceptors (Lipinski definition) is 3. The molecule has 3 N–H and O–H groups in total. The van der Waals surface area contributed by atoms with Crippen molar-refractivity contribution in [1.82, 2.24) is 20.0 Å². The van der Waals surface area contributed by atoms with Crippen molar-refractivity contribution in [3.05, 3.63) is 17.8 Å². The molecular formula is C8H11N5. The van der Waals surface area contributed by atoms with Crippen molar-refractivity contribution in [1.29, 1.82) is 0 Å². The molecule has 0 fully saturated rings. The largest absolute Gasteiger partial charge is 0.384 e. The highest BCUT2D eigenvalue weighted by Gasteiger charge is 2.08. The van der Waals surface area contributed by atoms with Gasteiger partial charge in [-0.05, 0) is 12.5 Å². The van der Waals surface area contributed by atoms with Gasteiger partial charge in [0.05, 0.1) is 11.9 Å². The molecule has 0 radical (unpaired) electrons. The fourth-order valence-corrected chi connectivity index (χ4v) is 1.21. The molecule has 0 saturated heterocycles. The molecule has 5 nitrogen and oxygen atoms in total. The summed E-state index contributed by atoms with van der Waals surface area (Å²) in [4.78, 5) is 0. The first-order chi connectivity index (χ1) is 6.18. The Morgan fingerprint density at radius 1 is 1.54 bits per heavy atom. The first kappa shape index (κ1) is 7.85. The Balaban J connectivity index is 2.53. The van der Waals surface area contributed by atoms with Gasteiger partial charge in [0.15, 0.2) is 0 Å². The minimum atomic E-state index is 0.643. The van der Waals surface area contributed by atoms with Crippen molar-refractivity contribution in [3.8, 4) is 11.4 Å². The molecule has 0 atom stereocenters. The number of anilines is 1. The van der Waals surface area contributed by atoms with Gasteiger partial charge in [-0.15, -0.1) is 0 Å². The van der Waals surface area contributed by atoms with Crippen LogP contribution in [0.15, 0.2) is 12.3 Å². The van der Waals surface area contributed by atoms with Crippen LogP contribution in [0.25, 0.3) is 11.4 Å². The Kier molecular flexibility index (Phi) is 1.58.